The largest absolute Gasteiger partial charge is 0.507 e. The van der Waals surface area contributed by atoms with Gasteiger partial charge in [0.1, 0.15) is 11.6 Å². The molecule has 2 aromatic heterocycles. The molecular weight excluding hydrogens is 453 g/mol. The molecule has 1 aliphatic rings. The monoisotopic (exact) mass is 465 g/mol. The van der Waals surface area contributed by atoms with Crippen molar-refractivity contribution in [2.24, 2.45) is 0 Å². The van der Waals surface area contributed by atoms with Gasteiger partial charge in [0.15, 0.2) is 5.13 Å². The normalized spacial score (nSPS) is 17.9. The number of pyridine rings is 1. The minimum Gasteiger partial charge on any atom is -0.507 e. The summed E-state index contributed by atoms with van der Waals surface area (Å²) in [7, 11) is 0. The molecule has 1 amide bonds. The standard InChI is InChI=1S/C23H13ClFN3O3S/c24-14-3-6-16-17(11-14)32-23(27-16)28-19(12-1-4-15(25)5-2-12)18(21(30)22(28)31)20(29)13-7-9-26-10-8-13/h1-11,19,29H. The molecule has 0 aliphatic carbocycles. The second-order valence-corrected chi connectivity index (χ2v) is 8.51. The zero-order chi connectivity index (χ0) is 22.4. The highest BCUT2D eigenvalue weighted by atomic mass is 35.5. The first-order valence-electron chi connectivity index (χ1n) is 9.47. The summed E-state index contributed by atoms with van der Waals surface area (Å²) in [6.45, 7) is 0. The molecule has 4 aromatic rings. The van der Waals surface area contributed by atoms with Gasteiger partial charge in [-0.1, -0.05) is 35.1 Å². The number of nitrogens with zero attached hydrogens (tertiary/aromatic N) is 3. The van der Waals surface area contributed by atoms with E-state index in [0.717, 1.165) is 4.70 Å². The number of ketones is 1. The van der Waals surface area contributed by atoms with Crippen molar-refractivity contribution in [1.29, 1.82) is 0 Å². The van der Waals surface area contributed by atoms with Gasteiger partial charge in [0.05, 0.1) is 21.8 Å². The highest BCUT2D eigenvalue weighted by Gasteiger charge is 2.48. The third-order valence-corrected chi connectivity index (χ3v) is 6.38. The van der Waals surface area contributed by atoms with E-state index < -0.39 is 23.5 Å². The van der Waals surface area contributed by atoms with E-state index in [1.165, 1.54) is 65.0 Å². The maximum Gasteiger partial charge on any atom is 0.301 e. The van der Waals surface area contributed by atoms with Gasteiger partial charge in [0.25, 0.3) is 5.78 Å². The molecule has 1 unspecified atom stereocenters. The molecule has 1 saturated heterocycles. The summed E-state index contributed by atoms with van der Waals surface area (Å²) in [6.07, 6.45) is 2.94. The molecule has 1 atom stereocenters. The molecule has 5 rings (SSSR count). The van der Waals surface area contributed by atoms with E-state index >= 15 is 0 Å². The summed E-state index contributed by atoms with van der Waals surface area (Å²) in [6, 6.07) is 12.6. The number of rotatable bonds is 3. The number of anilines is 1. The average Bonchev–Trinajstić information content (AvgIpc) is 3.32. The number of benzene rings is 2. The van der Waals surface area contributed by atoms with Crippen molar-refractivity contribution in [3.63, 3.8) is 0 Å². The number of Topliss-reactive ketones (excluding diaryl/α,β-unsaturated/α-hetero) is 1. The van der Waals surface area contributed by atoms with Gasteiger partial charge >= 0.3 is 5.91 Å². The smallest absolute Gasteiger partial charge is 0.301 e. The number of hydrogen-bond acceptors (Lipinski definition) is 6. The fourth-order valence-corrected chi connectivity index (χ4v) is 4.91. The van der Waals surface area contributed by atoms with E-state index in [1.54, 1.807) is 18.2 Å². The lowest BCUT2D eigenvalue weighted by atomic mass is 9.95. The minimum absolute atomic E-state index is 0.106. The van der Waals surface area contributed by atoms with E-state index in [9.17, 15) is 19.1 Å². The lowest BCUT2D eigenvalue weighted by molar-refractivity contribution is -0.132. The Balaban J connectivity index is 1.73. The third kappa shape index (κ3) is 3.34. The van der Waals surface area contributed by atoms with Gasteiger partial charge in [-0.3, -0.25) is 19.5 Å². The summed E-state index contributed by atoms with van der Waals surface area (Å²) < 4.78 is 14.3. The highest BCUT2D eigenvalue weighted by Crippen LogP contribution is 2.44. The van der Waals surface area contributed by atoms with Crippen molar-refractivity contribution in [2.45, 2.75) is 6.04 Å². The van der Waals surface area contributed by atoms with Gasteiger partial charge in [0, 0.05) is 23.0 Å². The number of hydrogen-bond donors (Lipinski definition) is 1. The maximum absolute atomic E-state index is 13.6. The van der Waals surface area contributed by atoms with Crippen LogP contribution in [0.4, 0.5) is 9.52 Å². The number of aromatic nitrogens is 2. The molecule has 1 aliphatic heterocycles. The lowest BCUT2D eigenvalue weighted by Crippen LogP contribution is -2.29. The molecule has 2 aromatic carbocycles. The predicted molar refractivity (Wildman–Crippen MR) is 120 cm³/mol. The summed E-state index contributed by atoms with van der Waals surface area (Å²) in [5, 5.41) is 11.8. The molecule has 1 fully saturated rings. The van der Waals surface area contributed by atoms with Crippen LogP contribution in [0.2, 0.25) is 5.02 Å². The zero-order valence-electron chi connectivity index (χ0n) is 16.2. The fourth-order valence-electron chi connectivity index (χ4n) is 3.64. The van der Waals surface area contributed by atoms with Gasteiger partial charge in [-0.2, -0.15) is 0 Å². The molecule has 1 N–H and O–H groups in total. The maximum atomic E-state index is 13.6. The molecule has 6 nitrogen and oxygen atoms in total. The van der Waals surface area contributed by atoms with E-state index in [2.05, 4.69) is 9.97 Å². The third-order valence-electron chi connectivity index (χ3n) is 5.13. The Bertz CT molecular complexity index is 1400. The van der Waals surface area contributed by atoms with Gasteiger partial charge in [-0.25, -0.2) is 9.37 Å². The van der Waals surface area contributed by atoms with Crippen LogP contribution in [0.25, 0.3) is 16.0 Å². The predicted octanol–water partition coefficient (Wildman–Crippen LogP) is 5.11. The molecule has 158 valence electrons. The Morgan fingerprint density at radius 1 is 1.06 bits per heavy atom. The summed E-state index contributed by atoms with van der Waals surface area (Å²) in [4.78, 5) is 35.9. The number of aliphatic hydroxyl groups excluding tert-OH is 1. The molecule has 0 radical (unpaired) electrons. The van der Waals surface area contributed by atoms with Crippen LogP contribution in [0.3, 0.4) is 0 Å². The van der Waals surface area contributed by atoms with Crippen LogP contribution < -0.4 is 4.90 Å². The van der Waals surface area contributed by atoms with Crippen LogP contribution in [0.1, 0.15) is 17.2 Å². The average molecular weight is 466 g/mol. The molecule has 9 heteroatoms. The Morgan fingerprint density at radius 2 is 1.78 bits per heavy atom. The topological polar surface area (TPSA) is 83.4 Å². The van der Waals surface area contributed by atoms with Crippen molar-refractivity contribution >= 4 is 55.7 Å². The molecule has 3 heterocycles. The first-order valence-corrected chi connectivity index (χ1v) is 10.7. The van der Waals surface area contributed by atoms with Crippen LogP contribution >= 0.6 is 22.9 Å². The molecular formula is C23H13ClFN3O3S. The number of thiazole rings is 1. The molecule has 0 bridgehead atoms. The Hall–Kier alpha value is -3.62. The quantitative estimate of drug-likeness (QED) is 0.258. The Kier molecular flexibility index (Phi) is 4.96. The van der Waals surface area contributed by atoms with Gasteiger partial charge in [-0.05, 0) is 48.0 Å². The van der Waals surface area contributed by atoms with Gasteiger partial charge in [0.2, 0.25) is 0 Å². The minimum atomic E-state index is -0.986. The number of fused-ring (bicyclic) bond motifs is 1. The van der Waals surface area contributed by atoms with Crippen LogP contribution in [0.15, 0.2) is 72.6 Å². The summed E-state index contributed by atoms with van der Waals surface area (Å²) in [5.41, 5.74) is 1.30. The van der Waals surface area contributed by atoms with E-state index in [0.29, 0.717) is 21.7 Å². The van der Waals surface area contributed by atoms with Crippen molar-refractivity contribution in [2.75, 3.05) is 4.90 Å². The first-order chi connectivity index (χ1) is 15.4. The van der Waals surface area contributed by atoms with Crippen LogP contribution in [0.5, 0.6) is 0 Å². The van der Waals surface area contributed by atoms with Crippen molar-refractivity contribution in [3.8, 4) is 0 Å². The molecule has 32 heavy (non-hydrogen) atoms. The van der Waals surface area contributed by atoms with E-state index in [1.807, 2.05) is 0 Å². The SMILES string of the molecule is O=C1C(=O)N(c2nc3ccc(Cl)cc3s2)C(c2ccc(F)cc2)C1=C(O)c1ccncc1. The zero-order valence-corrected chi connectivity index (χ0v) is 17.8. The number of aliphatic hydroxyl groups is 1. The van der Waals surface area contributed by atoms with E-state index in [4.69, 9.17) is 11.6 Å². The number of halogens is 2. The van der Waals surface area contributed by atoms with Gasteiger partial charge < -0.3 is 5.11 Å². The fraction of sp³-hybridized carbons (Fsp3) is 0.0435. The van der Waals surface area contributed by atoms with Gasteiger partial charge in [-0.15, -0.1) is 0 Å². The Labute approximate surface area is 190 Å². The number of carbonyl (C=O) groups excluding carboxylic acids is 2. The second kappa shape index (κ2) is 7.81. The van der Waals surface area contributed by atoms with Crippen LogP contribution in [-0.2, 0) is 9.59 Å². The van der Waals surface area contributed by atoms with Crippen molar-refractivity contribution < 1.29 is 19.1 Å². The lowest BCUT2D eigenvalue weighted by Gasteiger charge is -2.22. The summed E-state index contributed by atoms with van der Waals surface area (Å²) >= 11 is 7.27. The van der Waals surface area contributed by atoms with Crippen LogP contribution in [-0.4, -0.2) is 26.8 Å². The van der Waals surface area contributed by atoms with Crippen molar-refractivity contribution in [3.05, 3.63) is 94.5 Å². The van der Waals surface area contributed by atoms with Crippen LogP contribution in [0, 0.1) is 5.82 Å². The van der Waals surface area contributed by atoms with E-state index in [-0.39, 0.29) is 16.5 Å². The van der Waals surface area contributed by atoms with Crippen molar-refractivity contribution in [1.82, 2.24) is 9.97 Å². The Morgan fingerprint density at radius 3 is 2.50 bits per heavy atom. The number of carbonyl (C=O) groups is 2. The number of amides is 1. The summed E-state index contributed by atoms with van der Waals surface area (Å²) in [5.74, 6) is -2.49. The first kappa shape index (κ1) is 20.3. The highest BCUT2D eigenvalue weighted by molar-refractivity contribution is 7.22. The molecule has 0 saturated carbocycles. The molecule has 0 spiro atoms. The second-order valence-electron chi connectivity index (χ2n) is 7.07.